The number of benzene rings is 5. The fourth-order valence-corrected chi connectivity index (χ4v) is 8.14. The molecule has 0 nitrogen and oxygen atoms in total. The van der Waals surface area contributed by atoms with Gasteiger partial charge in [-0.1, -0.05) is 115 Å². The summed E-state index contributed by atoms with van der Waals surface area (Å²) in [5.74, 6) is 0. The van der Waals surface area contributed by atoms with Crippen molar-refractivity contribution in [1.82, 2.24) is 0 Å². The number of hydrogen-bond donors (Lipinski definition) is 0. The van der Waals surface area contributed by atoms with E-state index in [4.69, 9.17) is 0 Å². The first-order valence-corrected chi connectivity index (χ1v) is 14.6. The highest BCUT2D eigenvalue weighted by Crippen LogP contribution is 2.45. The maximum atomic E-state index is 2.37. The van der Waals surface area contributed by atoms with Gasteiger partial charge in [0.05, 0.1) is 0 Å². The van der Waals surface area contributed by atoms with Gasteiger partial charge in [-0.15, -0.1) is 22.7 Å². The van der Waals surface area contributed by atoms with E-state index in [2.05, 4.69) is 135 Å². The first kappa shape index (κ1) is 23.2. The van der Waals surface area contributed by atoms with E-state index in [0.717, 1.165) is 0 Å². The van der Waals surface area contributed by atoms with Crippen LogP contribution in [0, 0.1) is 13.8 Å². The van der Waals surface area contributed by atoms with Crippen LogP contribution in [0.2, 0.25) is 0 Å². The van der Waals surface area contributed by atoms with Crippen LogP contribution in [-0.4, -0.2) is 0 Å². The molecular formula is C36H26S2. The van der Waals surface area contributed by atoms with Gasteiger partial charge in [-0.25, -0.2) is 0 Å². The Bertz CT molecular complexity index is 1780. The van der Waals surface area contributed by atoms with Gasteiger partial charge in [0, 0.05) is 41.1 Å². The normalized spacial score (nSPS) is 11.4. The maximum absolute atomic E-state index is 2.37. The van der Waals surface area contributed by atoms with Crippen LogP contribution in [0.25, 0.3) is 64.7 Å². The standard InChI is InChI=1S/C36H26S2/c1-23-33(25-12-5-3-6-13-25)31-20-10-18-29(35(31)37-23)27-16-9-17-28(22-27)30-19-11-21-32-34(24(2)38-36(30)32)26-14-7-4-8-15-26/h3-22H,1-2H3. The van der Waals surface area contributed by atoms with Crippen LogP contribution < -0.4 is 0 Å². The number of thiophene rings is 2. The van der Waals surface area contributed by atoms with Crippen LogP contribution in [0.15, 0.2) is 121 Å². The molecule has 5 aromatic carbocycles. The minimum atomic E-state index is 1.27. The van der Waals surface area contributed by atoms with Crippen molar-refractivity contribution in [3.8, 4) is 44.5 Å². The number of aryl methyl sites for hydroxylation is 2. The van der Waals surface area contributed by atoms with Gasteiger partial charge in [-0.2, -0.15) is 0 Å². The molecule has 0 amide bonds. The van der Waals surface area contributed by atoms with Crippen LogP contribution in [0.3, 0.4) is 0 Å². The molecule has 0 aliphatic carbocycles. The maximum Gasteiger partial charge on any atom is 0.0430 e. The molecule has 2 heterocycles. The fraction of sp³-hybridized carbons (Fsp3) is 0.0556. The summed E-state index contributed by atoms with van der Waals surface area (Å²) in [5.41, 5.74) is 10.4. The van der Waals surface area contributed by atoms with Crippen molar-refractivity contribution in [3.05, 3.63) is 131 Å². The Morgan fingerprint density at radius 2 is 0.789 bits per heavy atom. The zero-order valence-corrected chi connectivity index (χ0v) is 23.0. The molecule has 0 spiro atoms. The van der Waals surface area contributed by atoms with E-state index >= 15 is 0 Å². The van der Waals surface area contributed by atoms with Crippen LogP contribution >= 0.6 is 22.7 Å². The van der Waals surface area contributed by atoms with Gasteiger partial charge >= 0.3 is 0 Å². The van der Waals surface area contributed by atoms with E-state index in [-0.39, 0.29) is 0 Å². The summed E-state index contributed by atoms with van der Waals surface area (Å²) in [6, 6.07) is 44.1. The van der Waals surface area contributed by atoms with Crippen molar-refractivity contribution >= 4 is 42.8 Å². The Labute approximate surface area is 231 Å². The summed E-state index contributed by atoms with van der Waals surface area (Å²) in [6.45, 7) is 4.49. The monoisotopic (exact) mass is 522 g/mol. The van der Waals surface area contributed by atoms with E-state index in [0.29, 0.717) is 0 Å². The van der Waals surface area contributed by atoms with Gasteiger partial charge in [-0.05, 0) is 53.3 Å². The molecule has 0 saturated carbocycles. The Kier molecular flexibility index (Phi) is 5.73. The van der Waals surface area contributed by atoms with Gasteiger partial charge < -0.3 is 0 Å². The topological polar surface area (TPSA) is 0 Å². The van der Waals surface area contributed by atoms with Gasteiger partial charge in [0.1, 0.15) is 0 Å². The fourth-order valence-electron chi connectivity index (χ4n) is 5.71. The molecule has 0 fully saturated rings. The first-order chi connectivity index (χ1) is 18.7. The van der Waals surface area contributed by atoms with Gasteiger partial charge in [-0.3, -0.25) is 0 Å². The minimum Gasteiger partial charge on any atom is -0.139 e. The zero-order valence-electron chi connectivity index (χ0n) is 21.4. The second-order valence-electron chi connectivity index (χ2n) is 9.74. The summed E-state index contributed by atoms with van der Waals surface area (Å²) < 4.78 is 2.72. The van der Waals surface area contributed by atoms with E-state index in [1.807, 2.05) is 22.7 Å². The summed E-state index contributed by atoms with van der Waals surface area (Å²) in [5, 5.41) is 2.68. The molecule has 7 rings (SSSR count). The number of hydrogen-bond acceptors (Lipinski definition) is 2. The van der Waals surface area contributed by atoms with Crippen molar-refractivity contribution in [3.63, 3.8) is 0 Å². The molecule has 38 heavy (non-hydrogen) atoms. The predicted octanol–water partition coefficient (Wildman–Crippen LogP) is 11.4. The molecular weight excluding hydrogens is 497 g/mol. The highest BCUT2D eigenvalue weighted by atomic mass is 32.1. The second kappa shape index (κ2) is 9.40. The average Bonchev–Trinajstić information content (AvgIpc) is 3.49. The van der Waals surface area contributed by atoms with Crippen molar-refractivity contribution in [2.45, 2.75) is 13.8 Å². The average molecular weight is 523 g/mol. The smallest absolute Gasteiger partial charge is 0.0430 e. The molecule has 0 bridgehead atoms. The lowest BCUT2D eigenvalue weighted by Crippen LogP contribution is -1.83. The SMILES string of the molecule is Cc1sc2c(-c3cccc(-c4cccc5c(-c6ccccc6)c(C)sc45)c3)cccc2c1-c1ccccc1. The highest BCUT2D eigenvalue weighted by molar-refractivity contribution is 7.20. The molecule has 182 valence electrons. The quantitative estimate of drug-likeness (QED) is 0.216. The Hall–Kier alpha value is -3.98. The minimum absolute atomic E-state index is 1.27. The lowest BCUT2D eigenvalue weighted by atomic mass is 9.95. The summed E-state index contributed by atoms with van der Waals surface area (Å²) >= 11 is 3.81. The van der Waals surface area contributed by atoms with Crippen molar-refractivity contribution < 1.29 is 0 Å². The Morgan fingerprint density at radius 3 is 1.24 bits per heavy atom. The van der Waals surface area contributed by atoms with E-state index in [9.17, 15) is 0 Å². The molecule has 0 unspecified atom stereocenters. The number of fused-ring (bicyclic) bond motifs is 2. The molecule has 0 radical (unpaired) electrons. The third kappa shape index (κ3) is 3.80. The molecule has 0 aliphatic rings. The molecule has 2 aromatic heterocycles. The molecule has 0 saturated heterocycles. The second-order valence-corrected chi connectivity index (χ2v) is 12.2. The molecule has 0 N–H and O–H groups in total. The lowest BCUT2D eigenvalue weighted by molar-refractivity contribution is 1.59. The third-order valence-electron chi connectivity index (χ3n) is 7.39. The highest BCUT2D eigenvalue weighted by Gasteiger charge is 2.17. The largest absolute Gasteiger partial charge is 0.139 e. The molecule has 0 atom stereocenters. The summed E-state index contributed by atoms with van der Waals surface area (Å²) in [6.07, 6.45) is 0. The predicted molar refractivity (Wildman–Crippen MR) is 168 cm³/mol. The van der Waals surface area contributed by atoms with Gasteiger partial charge in [0.25, 0.3) is 0 Å². The van der Waals surface area contributed by atoms with Crippen molar-refractivity contribution in [2.24, 2.45) is 0 Å². The molecule has 7 aromatic rings. The number of rotatable bonds is 4. The molecule has 2 heteroatoms. The van der Waals surface area contributed by atoms with Gasteiger partial charge in [0.15, 0.2) is 0 Å². The first-order valence-electron chi connectivity index (χ1n) is 12.9. The van der Waals surface area contributed by atoms with Crippen LogP contribution in [-0.2, 0) is 0 Å². The molecule has 0 aliphatic heterocycles. The van der Waals surface area contributed by atoms with Crippen LogP contribution in [0.4, 0.5) is 0 Å². The van der Waals surface area contributed by atoms with Crippen LogP contribution in [0.1, 0.15) is 9.75 Å². The van der Waals surface area contributed by atoms with E-state index in [1.165, 1.54) is 74.4 Å². The third-order valence-corrected chi connectivity index (χ3v) is 9.70. The van der Waals surface area contributed by atoms with Crippen LogP contribution in [0.5, 0.6) is 0 Å². The van der Waals surface area contributed by atoms with E-state index in [1.54, 1.807) is 0 Å². The van der Waals surface area contributed by atoms with Gasteiger partial charge in [0.2, 0.25) is 0 Å². The van der Waals surface area contributed by atoms with E-state index < -0.39 is 0 Å². The Morgan fingerprint density at radius 1 is 0.395 bits per heavy atom. The van der Waals surface area contributed by atoms with Crippen molar-refractivity contribution in [1.29, 1.82) is 0 Å². The lowest BCUT2D eigenvalue weighted by Gasteiger charge is -2.09. The summed E-state index contributed by atoms with van der Waals surface area (Å²) in [4.78, 5) is 2.73. The Balaban J connectivity index is 1.38. The summed E-state index contributed by atoms with van der Waals surface area (Å²) in [7, 11) is 0. The zero-order chi connectivity index (χ0) is 25.6. The van der Waals surface area contributed by atoms with Crippen molar-refractivity contribution in [2.75, 3.05) is 0 Å².